The van der Waals surface area contributed by atoms with E-state index in [1.807, 2.05) is 14.0 Å². The molecule has 0 rings (SSSR count). The predicted octanol–water partition coefficient (Wildman–Crippen LogP) is 3.94. The van der Waals surface area contributed by atoms with Crippen molar-refractivity contribution in [3.8, 4) is 0 Å². The van der Waals surface area contributed by atoms with Crippen LogP contribution in [0.3, 0.4) is 0 Å². The largest absolute Gasteiger partial charge is 0.395 e. The zero-order chi connectivity index (χ0) is 11.6. The molecule has 3 nitrogen and oxygen atoms in total. The fourth-order valence-corrected chi connectivity index (χ4v) is 1.02. The van der Waals surface area contributed by atoms with E-state index in [-0.39, 0.29) is 42.4 Å². The van der Waals surface area contributed by atoms with Crippen LogP contribution in [-0.4, -0.2) is 54.4 Å². The van der Waals surface area contributed by atoms with Gasteiger partial charge in [0.15, 0.2) is 0 Å². The van der Waals surface area contributed by atoms with Crippen molar-refractivity contribution in [2.24, 2.45) is 0 Å². The summed E-state index contributed by atoms with van der Waals surface area (Å²) in [6.07, 6.45) is 0. The molecular formula is C15H42N2O. The molecule has 0 aromatic heterocycles. The monoisotopic (exact) mass is 266 g/mol. The van der Waals surface area contributed by atoms with Crippen LogP contribution in [0.4, 0.5) is 0 Å². The molecule has 0 saturated carbocycles. The van der Waals surface area contributed by atoms with Gasteiger partial charge in [0.05, 0.1) is 13.3 Å². The Morgan fingerprint density at radius 2 is 1.33 bits per heavy atom. The van der Waals surface area contributed by atoms with Crippen molar-refractivity contribution in [2.75, 3.05) is 33.4 Å². The SMILES string of the molecule is C.C.C.C.C=C.CCN(CC)CN(C)C(C)CO. The summed E-state index contributed by atoms with van der Waals surface area (Å²) >= 11 is 0. The smallest absolute Gasteiger partial charge is 0.0584 e. The molecule has 3 heteroatoms. The van der Waals surface area contributed by atoms with Crippen molar-refractivity contribution in [1.82, 2.24) is 9.80 Å². The molecule has 0 aliphatic heterocycles. The van der Waals surface area contributed by atoms with Crippen molar-refractivity contribution in [1.29, 1.82) is 0 Å². The summed E-state index contributed by atoms with van der Waals surface area (Å²) in [4.78, 5) is 4.49. The first kappa shape index (κ1) is 36.0. The molecule has 18 heavy (non-hydrogen) atoms. The van der Waals surface area contributed by atoms with E-state index in [9.17, 15) is 0 Å². The molecule has 0 heterocycles. The number of aliphatic hydroxyl groups is 1. The highest BCUT2D eigenvalue weighted by Crippen LogP contribution is 1.96. The number of nitrogens with zero attached hydrogens (tertiary/aromatic N) is 2. The van der Waals surface area contributed by atoms with Gasteiger partial charge in [0.25, 0.3) is 0 Å². The second-order valence-electron chi connectivity index (χ2n) is 3.23. The van der Waals surface area contributed by atoms with Crippen molar-refractivity contribution >= 4 is 0 Å². The zero-order valence-electron chi connectivity index (χ0n) is 10.2. The van der Waals surface area contributed by atoms with Crippen LogP contribution >= 0.6 is 0 Å². The highest BCUT2D eigenvalue weighted by Gasteiger charge is 2.09. The molecule has 1 atom stereocenters. The van der Waals surface area contributed by atoms with E-state index in [4.69, 9.17) is 5.11 Å². The number of likely N-dealkylation sites (N-methyl/N-ethyl adjacent to an activating group) is 1. The van der Waals surface area contributed by atoms with Crippen LogP contribution in [0.5, 0.6) is 0 Å². The van der Waals surface area contributed by atoms with Crippen LogP contribution in [0, 0.1) is 0 Å². The van der Waals surface area contributed by atoms with E-state index >= 15 is 0 Å². The van der Waals surface area contributed by atoms with Crippen LogP contribution < -0.4 is 0 Å². The lowest BCUT2D eigenvalue weighted by Gasteiger charge is -2.29. The standard InChI is InChI=1S/C9H22N2O.C2H4.4CH4/c1-5-11(6-2)8-10(4)9(3)7-12;1-2;;;;/h9,12H,5-8H2,1-4H3;1-2H2;4*1H4. The summed E-state index contributed by atoms with van der Waals surface area (Å²) in [6, 6.07) is 0.255. The predicted molar refractivity (Wildman–Crippen MR) is 90.3 cm³/mol. The van der Waals surface area contributed by atoms with Crippen molar-refractivity contribution in [2.45, 2.75) is 56.5 Å². The normalized spacial score (nSPS) is 9.72. The third-order valence-electron chi connectivity index (χ3n) is 2.33. The number of rotatable bonds is 6. The maximum absolute atomic E-state index is 8.90. The van der Waals surface area contributed by atoms with Crippen LogP contribution in [0.2, 0.25) is 0 Å². The second kappa shape index (κ2) is 25.5. The fourth-order valence-electron chi connectivity index (χ4n) is 1.02. The van der Waals surface area contributed by atoms with Crippen molar-refractivity contribution < 1.29 is 5.11 Å². The molecule has 0 amide bonds. The molecule has 0 aromatic carbocycles. The lowest BCUT2D eigenvalue weighted by Crippen LogP contribution is -2.41. The molecule has 0 aliphatic rings. The van der Waals surface area contributed by atoms with E-state index in [0.717, 1.165) is 19.8 Å². The Balaban J connectivity index is -0.0000000569. The van der Waals surface area contributed by atoms with E-state index in [1.54, 1.807) is 0 Å². The van der Waals surface area contributed by atoms with Crippen LogP contribution in [-0.2, 0) is 0 Å². The zero-order valence-corrected chi connectivity index (χ0v) is 10.2. The molecule has 0 saturated heterocycles. The first-order chi connectivity index (χ1) is 6.65. The summed E-state index contributed by atoms with van der Waals surface area (Å²) in [5, 5.41) is 8.90. The number of aliphatic hydroxyl groups excluding tert-OH is 1. The first-order valence-electron chi connectivity index (χ1n) is 5.19. The van der Waals surface area contributed by atoms with Crippen molar-refractivity contribution in [3.05, 3.63) is 13.2 Å². The third kappa shape index (κ3) is 18.0. The van der Waals surface area contributed by atoms with Gasteiger partial charge in [-0.1, -0.05) is 43.6 Å². The molecule has 0 radical (unpaired) electrons. The third-order valence-corrected chi connectivity index (χ3v) is 2.33. The lowest BCUT2D eigenvalue weighted by molar-refractivity contribution is 0.0963. The molecule has 0 aromatic rings. The molecule has 118 valence electrons. The van der Waals surface area contributed by atoms with Gasteiger partial charge in [-0.05, 0) is 27.1 Å². The molecule has 1 unspecified atom stereocenters. The highest BCUT2D eigenvalue weighted by molar-refractivity contribution is 4.61. The van der Waals surface area contributed by atoms with Gasteiger partial charge in [-0.15, -0.1) is 13.2 Å². The molecule has 0 spiro atoms. The van der Waals surface area contributed by atoms with E-state index in [1.165, 1.54) is 0 Å². The minimum Gasteiger partial charge on any atom is -0.395 e. The highest BCUT2D eigenvalue weighted by atomic mass is 16.3. The Labute approximate surface area is 119 Å². The van der Waals surface area contributed by atoms with E-state index in [0.29, 0.717) is 0 Å². The van der Waals surface area contributed by atoms with Crippen LogP contribution in [0.15, 0.2) is 13.2 Å². The average molecular weight is 267 g/mol. The fraction of sp³-hybridized carbons (Fsp3) is 0.867. The summed E-state index contributed by atoms with van der Waals surface area (Å²) in [6.45, 7) is 15.6. The Morgan fingerprint density at radius 3 is 1.56 bits per heavy atom. The number of hydrogen-bond acceptors (Lipinski definition) is 3. The summed E-state index contributed by atoms with van der Waals surface area (Å²) in [5.74, 6) is 0. The number of hydrogen-bond donors (Lipinski definition) is 1. The van der Waals surface area contributed by atoms with Gasteiger partial charge in [-0.3, -0.25) is 9.80 Å². The minimum absolute atomic E-state index is 0. The first-order valence-corrected chi connectivity index (χ1v) is 5.19. The lowest BCUT2D eigenvalue weighted by atomic mass is 10.3. The summed E-state index contributed by atoms with van der Waals surface area (Å²) in [5.41, 5.74) is 0. The van der Waals surface area contributed by atoms with Gasteiger partial charge in [0, 0.05) is 6.04 Å². The van der Waals surface area contributed by atoms with E-state index in [2.05, 4.69) is 36.8 Å². The van der Waals surface area contributed by atoms with Gasteiger partial charge in [0.1, 0.15) is 0 Å². The van der Waals surface area contributed by atoms with Gasteiger partial charge in [0.2, 0.25) is 0 Å². The van der Waals surface area contributed by atoms with Crippen molar-refractivity contribution in [3.63, 3.8) is 0 Å². The summed E-state index contributed by atoms with van der Waals surface area (Å²) in [7, 11) is 2.04. The minimum atomic E-state index is 0. The Kier molecular flexibility index (Phi) is 51.0. The van der Waals surface area contributed by atoms with Gasteiger partial charge < -0.3 is 5.11 Å². The van der Waals surface area contributed by atoms with Gasteiger partial charge >= 0.3 is 0 Å². The van der Waals surface area contributed by atoms with E-state index < -0.39 is 0 Å². The van der Waals surface area contributed by atoms with Gasteiger partial charge in [-0.2, -0.15) is 0 Å². The topological polar surface area (TPSA) is 26.7 Å². The Morgan fingerprint density at radius 1 is 1.00 bits per heavy atom. The molecular weight excluding hydrogens is 224 g/mol. The van der Waals surface area contributed by atoms with Crippen LogP contribution in [0.1, 0.15) is 50.5 Å². The maximum atomic E-state index is 8.90. The molecule has 1 N–H and O–H groups in total. The maximum Gasteiger partial charge on any atom is 0.0584 e. The second-order valence-corrected chi connectivity index (χ2v) is 3.23. The molecule has 0 fully saturated rings. The van der Waals surface area contributed by atoms with Gasteiger partial charge in [-0.25, -0.2) is 0 Å². The average Bonchev–Trinajstić information content (AvgIpc) is 2.26. The molecule has 0 bridgehead atoms. The summed E-state index contributed by atoms with van der Waals surface area (Å²) < 4.78 is 0. The molecule has 0 aliphatic carbocycles. The van der Waals surface area contributed by atoms with Crippen LogP contribution in [0.25, 0.3) is 0 Å². The quantitative estimate of drug-likeness (QED) is 0.582. The Hall–Kier alpha value is -0.380. The Bertz CT molecular complexity index is 117.